The molecule has 1 fully saturated rings. The Morgan fingerprint density at radius 2 is 1.93 bits per heavy atom. The van der Waals surface area contributed by atoms with Gasteiger partial charge in [-0.3, -0.25) is 14.8 Å². The van der Waals surface area contributed by atoms with E-state index >= 15 is 0 Å². The third-order valence-corrected chi connectivity index (χ3v) is 5.52. The van der Waals surface area contributed by atoms with Crippen molar-refractivity contribution in [2.45, 2.75) is 26.3 Å². The Kier molecular flexibility index (Phi) is 7.18. The molecule has 2 aromatic heterocycles. The minimum absolute atomic E-state index is 0. The smallest absolute Gasteiger partial charge is 0.178 e. The number of para-hydroxylation sites is 1. The van der Waals surface area contributed by atoms with Gasteiger partial charge in [-0.1, -0.05) is 18.2 Å². The van der Waals surface area contributed by atoms with Crippen LogP contribution >= 0.6 is 12.4 Å². The lowest BCUT2D eigenvalue weighted by molar-refractivity contribution is 0.0959. The molecule has 30 heavy (non-hydrogen) atoms. The highest BCUT2D eigenvalue weighted by molar-refractivity contribution is 6.00. The van der Waals surface area contributed by atoms with E-state index in [2.05, 4.69) is 68.1 Å². The van der Waals surface area contributed by atoms with Gasteiger partial charge < -0.3 is 4.90 Å². The molecule has 8 heteroatoms. The fourth-order valence-electron chi connectivity index (χ4n) is 3.97. The third-order valence-electron chi connectivity index (χ3n) is 5.52. The average Bonchev–Trinajstić information content (AvgIpc) is 3.23. The highest BCUT2D eigenvalue weighted by atomic mass is 35.5. The van der Waals surface area contributed by atoms with Gasteiger partial charge in [0.05, 0.1) is 11.8 Å². The zero-order chi connectivity index (χ0) is 20.2. The molecule has 1 aliphatic rings. The molecule has 0 aliphatic carbocycles. The molecule has 0 bridgehead atoms. The summed E-state index contributed by atoms with van der Waals surface area (Å²) in [6.45, 7) is 8.01. The van der Waals surface area contributed by atoms with Crippen molar-refractivity contribution in [3.8, 4) is 11.5 Å². The molecule has 4 rings (SSSR count). The summed E-state index contributed by atoms with van der Waals surface area (Å²) in [6, 6.07) is 10.7. The Morgan fingerprint density at radius 3 is 2.67 bits per heavy atom. The Hall–Kier alpha value is -2.77. The first-order valence-electron chi connectivity index (χ1n) is 10.0. The number of rotatable bonds is 6. The quantitative estimate of drug-likeness (QED) is 0.609. The fraction of sp³-hybridized carbons (Fsp3) is 0.364. The molecule has 7 nitrogen and oxygen atoms in total. The molecular weight excluding hydrogens is 400 g/mol. The summed E-state index contributed by atoms with van der Waals surface area (Å²) in [4.78, 5) is 26.1. The highest BCUT2D eigenvalue weighted by Crippen LogP contribution is 2.24. The molecule has 1 unspecified atom stereocenters. The van der Waals surface area contributed by atoms with Crippen molar-refractivity contribution in [2.75, 3.05) is 31.1 Å². The standard InChI is InChI=1S/C22H26N6O.ClH/c1-16-6-3-4-7-19(16)28-13-12-27(15-17(28)2)11-8-20(29)18-14-25-26-21(18)22-23-9-5-10-24-22;/h3-7,9-10,14,17H,8,11-13,15H2,1-2H3,(H,25,26);1H. The van der Waals surface area contributed by atoms with Gasteiger partial charge in [-0.15, -0.1) is 12.4 Å². The minimum Gasteiger partial charge on any atom is -0.366 e. The van der Waals surface area contributed by atoms with Crippen molar-refractivity contribution in [3.63, 3.8) is 0 Å². The van der Waals surface area contributed by atoms with Crippen LogP contribution in [0.3, 0.4) is 0 Å². The van der Waals surface area contributed by atoms with Crippen LogP contribution in [-0.2, 0) is 0 Å². The number of piperazine rings is 1. The lowest BCUT2D eigenvalue weighted by atomic mass is 10.1. The molecule has 0 spiro atoms. The number of aryl methyl sites for hydroxylation is 1. The van der Waals surface area contributed by atoms with Crippen molar-refractivity contribution in [3.05, 3.63) is 60.0 Å². The van der Waals surface area contributed by atoms with Crippen LogP contribution in [0.15, 0.2) is 48.9 Å². The number of anilines is 1. The summed E-state index contributed by atoms with van der Waals surface area (Å²) in [6.07, 6.45) is 5.35. The van der Waals surface area contributed by atoms with Crippen molar-refractivity contribution in [1.29, 1.82) is 0 Å². The average molecular weight is 427 g/mol. The van der Waals surface area contributed by atoms with Crippen LogP contribution < -0.4 is 4.90 Å². The van der Waals surface area contributed by atoms with Gasteiger partial charge in [0.1, 0.15) is 5.69 Å². The van der Waals surface area contributed by atoms with Gasteiger partial charge in [0, 0.05) is 56.7 Å². The summed E-state index contributed by atoms with van der Waals surface area (Å²) in [7, 11) is 0. The number of hydrogen-bond acceptors (Lipinski definition) is 6. The molecule has 0 amide bonds. The van der Waals surface area contributed by atoms with E-state index in [9.17, 15) is 4.79 Å². The first-order chi connectivity index (χ1) is 14.1. The second kappa shape index (κ2) is 9.82. The van der Waals surface area contributed by atoms with Crippen LogP contribution in [-0.4, -0.2) is 63.1 Å². The number of carbonyl (C=O) groups is 1. The maximum atomic E-state index is 12.8. The van der Waals surface area contributed by atoms with E-state index in [4.69, 9.17) is 0 Å². The number of Topliss-reactive ketones (excluding diaryl/α,β-unsaturated/α-hetero) is 1. The molecule has 0 radical (unpaired) electrons. The Balaban J connectivity index is 0.00000256. The summed E-state index contributed by atoms with van der Waals surface area (Å²) in [5.41, 5.74) is 3.76. The number of aromatic nitrogens is 4. The number of carbonyl (C=O) groups excluding carboxylic acids is 1. The number of hydrogen-bond donors (Lipinski definition) is 1. The number of aromatic amines is 1. The van der Waals surface area contributed by atoms with Gasteiger partial charge in [-0.25, -0.2) is 9.97 Å². The molecular formula is C22H27ClN6O. The van der Waals surface area contributed by atoms with Crippen LogP contribution in [0.25, 0.3) is 11.5 Å². The van der Waals surface area contributed by atoms with Crippen LogP contribution in [0.5, 0.6) is 0 Å². The van der Waals surface area contributed by atoms with Gasteiger partial charge in [0.2, 0.25) is 0 Å². The number of nitrogens with one attached hydrogen (secondary N) is 1. The van der Waals surface area contributed by atoms with E-state index in [1.807, 2.05) is 0 Å². The lowest BCUT2D eigenvalue weighted by Gasteiger charge is -2.41. The predicted octanol–water partition coefficient (Wildman–Crippen LogP) is 3.38. The molecule has 1 N–H and O–H groups in total. The molecule has 3 heterocycles. The third kappa shape index (κ3) is 4.68. The number of benzene rings is 1. The van der Waals surface area contributed by atoms with E-state index in [-0.39, 0.29) is 18.2 Å². The second-order valence-electron chi connectivity index (χ2n) is 7.53. The zero-order valence-corrected chi connectivity index (χ0v) is 18.1. The molecule has 1 aliphatic heterocycles. The first-order valence-corrected chi connectivity index (χ1v) is 10.0. The minimum atomic E-state index is 0. The van der Waals surface area contributed by atoms with Crippen LogP contribution in [0.1, 0.15) is 29.3 Å². The largest absolute Gasteiger partial charge is 0.366 e. The lowest BCUT2D eigenvalue weighted by Crippen LogP contribution is -2.52. The summed E-state index contributed by atoms with van der Waals surface area (Å²) >= 11 is 0. The zero-order valence-electron chi connectivity index (χ0n) is 17.3. The molecule has 1 aromatic carbocycles. The van der Waals surface area contributed by atoms with E-state index in [1.165, 1.54) is 11.3 Å². The van der Waals surface area contributed by atoms with E-state index in [0.717, 1.165) is 26.2 Å². The van der Waals surface area contributed by atoms with Gasteiger partial charge in [0.25, 0.3) is 0 Å². The predicted molar refractivity (Wildman–Crippen MR) is 120 cm³/mol. The number of halogens is 1. The van der Waals surface area contributed by atoms with Gasteiger partial charge >= 0.3 is 0 Å². The summed E-state index contributed by atoms with van der Waals surface area (Å²) in [5, 5.41) is 6.89. The number of ketones is 1. The summed E-state index contributed by atoms with van der Waals surface area (Å²) < 4.78 is 0. The molecule has 3 aromatic rings. The van der Waals surface area contributed by atoms with Crippen molar-refractivity contribution in [2.24, 2.45) is 0 Å². The monoisotopic (exact) mass is 426 g/mol. The maximum Gasteiger partial charge on any atom is 0.178 e. The SMILES string of the molecule is Cc1ccccc1N1CCN(CCC(=O)c2cn[nH]c2-c2ncccn2)CC1C.Cl. The first kappa shape index (κ1) is 21.9. The van der Waals surface area contributed by atoms with Gasteiger partial charge in [-0.05, 0) is 31.5 Å². The maximum absolute atomic E-state index is 12.8. The van der Waals surface area contributed by atoms with E-state index < -0.39 is 0 Å². The van der Waals surface area contributed by atoms with E-state index in [0.29, 0.717) is 29.5 Å². The Bertz CT molecular complexity index is 977. The topological polar surface area (TPSA) is 78.0 Å². The Labute approximate surface area is 182 Å². The molecule has 1 saturated heterocycles. The Morgan fingerprint density at radius 1 is 1.17 bits per heavy atom. The highest BCUT2D eigenvalue weighted by Gasteiger charge is 2.25. The second-order valence-corrected chi connectivity index (χ2v) is 7.53. The molecule has 1 atom stereocenters. The van der Waals surface area contributed by atoms with Crippen molar-refractivity contribution >= 4 is 23.9 Å². The van der Waals surface area contributed by atoms with Gasteiger partial charge in [-0.2, -0.15) is 5.10 Å². The van der Waals surface area contributed by atoms with Crippen molar-refractivity contribution < 1.29 is 4.79 Å². The van der Waals surface area contributed by atoms with E-state index in [1.54, 1.807) is 24.7 Å². The normalized spacial score (nSPS) is 16.9. The van der Waals surface area contributed by atoms with Crippen molar-refractivity contribution in [1.82, 2.24) is 25.1 Å². The molecule has 0 saturated carbocycles. The van der Waals surface area contributed by atoms with Crippen LogP contribution in [0, 0.1) is 6.92 Å². The summed E-state index contributed by atoms with van der Waals surface area (Å²) in [5.74, 6) is 0.559. The fourth-order valence-corrected chi connectivity index (χ4v) is 3.97. The number of H-pyrrole nitrogens is 1. The van der Waals surface area contributed by atoms with Crippen LogP contribution in [0.2, 0.25) is 0 Å². The molecule has 158 valence electrons. The van der Waals surface area contributed by atoms with Crippen LogP contribution in [0.4, 0.5) is 5.69 Å². The number of nitrogens with zero attached hydrogens (tertiary/aromatic N) is 5. The van der Waals surface area contributed by atoms with Gasteiger partial charge in [0.15, 0.2) is 11.6 Å².